The maximum atomic E-state index is 6.48. The van der Waals surface area contributed by atoms with Gasteiger partial charge in [0.25, 0.3) is 0 Å². The Morgan fingerprint density at radius 1 is 0.463 bits per heavy atom. The molecule has 6 aromatic carbocycles. The molecule has 5 aromatic heterocycles. The van der Waals surface area contributed by atoms with Crippen LogP contribution in [-0.4, -0.2) is 24.9 Å². The van der Waals surface area contributed by atoms with Crippen LogP contribution in [-0.2, 0) is 0 Å². The summed E-state index contributed by atoms with van der Waals surface area (Å²) in [6.07, 6.45) is 1.82. The molecule has 0 aliphatic rings. The van der Waals surface area contributed by atoms with E-state index in [2.05, 4.69) is 108 Å². The van der Waals surface area contributed by atoms with Crippen LogP contribution in [0.1, 0.15) is 0 Å². The second-order valence-electron chi connectivity index (χ2n) is 13.2. The Morgan fingerprint density at radius 3 is 2.07 bits per heavy atom. The summed E-state index contributed by atoms with van der Waals surface area (Å²) >= 11 is 1.77. The summed E-state index contributed by atoms with van der Waals surface area (Å²) in [5, 5.41) is 4.40. The van der Waals surface area contributed by atoms with E-state index in [0.717, 1.165) is 72.3 Å². The van der Waals surface area contributed by atoms with Crippen molar-refractivity contribution in [1.82, 2.24) is 24.9 Å². The van der Waals surface area contributed by atoms with Crippen LogP contribution in [0, 0.1) is 0 Å². The van der Waals surface area contributed by atoms with Crippen LogP contribution in [0.5, 0.6) is 0 Å². The first-order chi connectivity index (χ1) is 26.7. The van der Waals surface area contributed by atoms with Gasteiger partial charge in [-0.2, -0.15) is 0 Å². The number of thiophene rings is 1. The highest BCUT2D eigenvalue weighted by atomic mass is 32.1. The molecule has 0 atom stereocenters. The van der Waals surface area contributed by atoms with E-state index in [4.69, 9.17) is 24.4 Å². The minimum absolute atomic E-state index is 0.646. The lowest BCUT2D eigenvalue weighted by atomic mass is 10.0. The highest BCUT2D eigenvalue weighted by molar-refractivity contribution is 7.26. The number of aromatic nitrogens is 5. The zero-order valence-electron chi connectivity index (χ0n) is 28.6. The van der Waals surface area contributed by atoms with Crippen molar-refractivity contribution in [1.29, 1.82) is 0 Å². The van der Waals surface area contributed by atoms with Crippen molar-refractivity contribution < 1.29 is 4.42 Å². The molecule has 0 saturated carbocycles. The lowest BCUT2D eigenvalue weighted by molar-refractivity contribution is 0.667. The van der Waals surface area contributed by atoms with Crippen LogP contribution in [0.25, 0.3) is 110 Å². The quantitative estimate of drug-likeness (QED) is 0.177. The summed E-state index contributed by atoms with van der Waals surface area (Å²) in [5.74, 6) is 1.31. The Labute approximate surface area is 313 Å². The summed E-state index contributed by atoms with van der Waals surface area (Å²) in [7, 11) is 0. The molecule has 6 nitrogen and oxygen atoms in total. The van der Waals surface area contributed by atoms with E-state index in [9.17, 15) is 0 Å². The van der Waals surface area contributed by atoms with E-state index in [1.807, 2.05) is 60.8 Å². The smallest absolute Gasteiger partial charge is 0.180 e. The Hall–Kier alpha value is -7.09. The molecule has 0 unspecified atom stereocenters. The average Bonchev–Trinajstić information content (AvgIpc) is 3.82. The summed E-state index contributed by atoms with van der Waals surface area (Å²) in [6, 6.07) is 53.8. The number of nitrogens with zero attached hydrogens (tertiary/aromatic N) is 5. The van der Waals surface area contributed by atoms with Gasteiger partial charge in [0.05, 0.1) is 16.9 Å². The van der Waals surface area contributed by atoms with Gasteiger partial charge in [0.2, 0.25) is 0 Å². The second-order valence-corrected chi connectivity index (χ2v) is 14.3. The number of hydrogen-bond acceptors (Lipinski definition) is 7. The fourth-order valence-electron chi connectivity index (χ4n) is 7.39. The highest BCUT2D eigenvalue weighted by Crippen LogP contribution is 2.42. The first kappa shape index (κ1) is 30.5. The number of hydrogen-bond donors (Lipinski definition) is 0. The van der Waals surface area contributed by atoms with E-state index in [-0.39, 0.29) is 0 Å². The Kier molecular flexibility index (Phi) is 6.93. The van der Waals surface area contributed by atoms with Gasteiger partial charge in [-0.25, -0.2) is 19.9 Å². The number of para-hydroxylation sites is 2. The molecule has 5 heterocycles. The fraction of sp³-hybridized carbons (Fsp3) is 0. The van der Waals surface area contributed by atoms with Crippen LogP contribution in [0.3, 0.4) is 0 Å². The van der Waals surface area contributed by atoms with Crippen LogP contribution >= 0.6 is 11.3 Å². The molecule has 0 bridgehead atoms. The molecule has 252 valence electrons. The second kappa shape index (κ2) is 12.3. The molecule has 0 saturated heterocycles. The molecule has 0 radical (unpaired) electrons. The van der Waals surface area contributed by atoms with Gasteiger partial charge in [-0.1, -0.05) is 109 Å². The molecule has 0 aliphatic heterocycles. The zero-order valence-corrected chi connectivity index (χ0v) is 29.5. The summed E-state index contributed by atoms with van der Waals surface area (Å²) < 4.78 is 8.89. The molecule has 0 spiro atoms. The topological polar surface area (TPSA) is 77.6 Å². The van der Waals surface area contributed by atoms with Crippen molar-refractivity contribution in [3.63, 3.8) is 0 Å². The fourth-order valence-corrected chi connectivity index (χ4v) is 8.60. The molecule has 0 fully saturated rings. The van der Waals surface area contributed by atoms with Crippen LogP contribution < -0.4 is 0 Å². The van der Waals surface area contributed by atoms with Gasteiger partial charge in [0.15, 0.2) is 17.2 Å². The summed E-state index contributed by atoms with van der Waals surface area (Å²) in [4.78, 5) is 25.2. The normalized spacial score (nSPS) is 11.7. The summed E-state index contributed by atoms with van der Waals surface area (Å²) in [5.41, 5.74) is 10.5. The molecule has 0 amide bonds. The highest BCUT2D eigenvalue weighted by Gasteiger charge is 2.21. The largest absolute Gasteiger partial charge is 0.452 e. The molecule has 0 N–H and O–H groups in total. The Morgan fingerprint density at radius 2 is 1.19 bits per heavy atom. The summed E-state index contributed by atoms with van der Waals surface area (Å²) in [6.45, 7) is 0. The van der Waals surface area contributed by atoms with E-state index >= 15 is 0 Å². The van der Waals surface area contributed by atoms with Crippen molar-refractivity contribution in [3.05, 3.63) is 164 Å². The molecule has 11 rings (SSSR count). The number of furan rings is 1. The van der Waals surface area contributed by atoms with Crippen LogP contribution in [0.2, 0.25) is 0 Å². The SMILES string of the molecule is c1ccc(-c2cccc(-c3nc(-c4ccc(-c5nc(-c6cccc7c6sc6ccccc67)nc6c5oc5ccccc56)cc4)nc4ccccc34)c2)nc1. The minimum atomic E-state index is 0.646. The number of benzene rings is 6. The van der Waals surface area contributed by atoms with Crippen molar-refractivity contribution in [3.8, 4) is 56.5 Å². The maximum Gasteiger partial charge on any atom is 0.180 e. The van der Waals surface area contributed by atoms with Crippen LogP contribution in [0.15, 0.2) is 168 Å². The first-order valence-corrected chi connectivity index (χ1v) is 18.6. The zero-order chi connectivity index (χ0) is 35.6. The van der Waals surface area contributed by atoms with Crippen molar-refractivity contribution in [2.45, 2.75) is 0 Å². The monoisotopic (exact) mass is 709 g/mol. The van der Waals surface area contributed by atoms with Gasteiger partial charge < -0.3 is 4.42 Å². The molecule has 0 aliphatic carbocycles. The van der Waals surface area contributed by atoms with Crippen molar-refractivity contribution >= 4 is 64.5 Å². The van der Waals surface area contributed by atoms with E-state index in [1.54, 1.807) is 11.3 Å². The molecular weight excluding hydrogens is 683 g/mol. The lowest BCUT2D eigenvalue weighted by Gasteiger charge is -2.11. The van der Waals surface area contributed by atoms with E-state index in [1.165, 1.54) is 20.2 Å². The van der Waals surface area contributed by atoms with Gasteiger partial charge in [-0.05, 0) is 48.5 Å². The third kappa shape index (κ3) is 4.98. The standard InChI is InChI=1S/C47H27N5OS/c1-4-19-38-34(14-1)41(31-12-9-11-30(27-31)37-18-7-8-26-48-37)50-46(49-38)29-24-22-28(23-25-29)42-44-43(35-15-2-5-20-39(35)53-44)52-47(51-42)36-17-10-16-33-32-13-3-6-21-40(32)54-45(33)36/h1-27H. The molecular formula is C47H27N5OS. The molecule has 54 heavy (non-hydrogen) atoms. The van der Waals surface area contributed by atoms with Gasteiger partial charge in [0, 0.05) is 65.0 Å². The van der Waals surface area contributed by atoms with Gasteiger partial charge in [-0.15, -0.1) is 11.3 Å². The third-order valence-corrected chi connectivity index (χ3v) is 11.2. The van der Waals surface area contributed by atoms with E-state index < -0.39 is 0 Å². The lowest BCUT2D eigenvalue weighted by Crippen LogP contribution is -1.96. The van der Waals surface area contributed by atoms with Crippen molar-refractivity contribution in [2.24, 2.45) is 0 Å². The number of fused-ring (bicyclic) bond motifs is 7. The number of rotatable bonds is 5. The van der Waals surface area contributed by atoms with Gasteiger partial charge in [0.1, 0.15) is 16.8 Å². The Balaban J connectivity index is 1.05. The molecule has 7 heteroatoms. The predicted molar refractivity (Wildman–Crippen MR) is 220 cm³/mol. The third-order valence-electron chi connectivity index (χ3n) is 9.98. The molecule has 11 aromatic rings. The van der Waals surface area contributed by atoms with Crippen molar-refractivity contribution in [2.75, 3.05) is 0 Å². The minimum Gasteiger partial charge on any atom is -0.452 e. The average molecular weight is 710 g/mol. The maximum absolute atomic E-state index is 6.48. The van der Waals surface area contributed by atoms with Crippen LogP contribution in [0.4, 0.5) is 0 Å². The number of pyridine rings is 1. The van der Waals surface area contributed by atoms with E-state index in [0.29, 0.717) is 17.2 Å². The van der Waals surface area contributed by atoms with Gasteiger partial charge in [-0.3, -0.25) is 4.98 Å². The first-order valence-electron chi connectivity index (χ1n) is 17.7. The predicted octanol–water partition coefficient (Wildman–Crippen LogP) is 12.4. The Bertz CT molecular complexity index is 3220. The van der Waals surface area contributed by atoms with Gasteiger partial charge >= 0.3 is 0 Å².